The molecule has 1 aliphatic rings. The molecule has 2 aromatic rings. The van der Waals surface area contributed by atoms with Crippen LogP contribution in [0.4, 0.5) is 9.80 Å². The van der Waals surface area contributed by atoms with Gasteiger partial charge >= 0.3 is 6.03 Å². The number of primary amides is 1. The van der Waals surface area contributed by atoms with Gasteiger partial charge in [-0.3, -0.25) is 19.3 Å². The molecule has 0 radical (unpaired) electrons. The SMILES string of the molecule is CC[C@@]1(c2ccc(Cl)cc2)NC(=O)N(CC(=O)Nc2sccc2C(N)=O)C1=O. The zero-order valence-corrected chi connectivity index (χ0v) is 16.4. The Bertz CT molecular complexity index is 959. The largest absolute Gasteiger partial charge is 0.366 e. The van der Waals surface area contributed by atoms with E-state index in [0.29, 0.717) is 17.0 Å². The molecular formula is C18H17ClN4O4S. The van der Waals surface area contributed by atoms with Crippen molar-refractivity contribution in [3.8, 4) is 0 Å². The number of carbonyl (C=O) groups is 4. The molecule has 8 nitrogen and oxygen atoms in total. The molecule has 1 aromatic carbocycles. The van der Waals surface area contributed by atoms with E-state index in [0.717, 1.165) is 16.2 Å². The van der Waals surface area contributed by atoms with E-state index in [1.165, 1.54) is 6.07 Å². The van der Waals surface area contributed by atoms with Gasteiger partial charge in [-0.1, -0.05) is 30.7 Å². The summed E-state index contributed by atoms with van der Waals surface area (Å²) in [5.41, 5.74) is 4.73. The Labute approximate surface area is 169 Å². The van der Waals surface area contributed by atoms with Crippen LogP contribution >= 0.6 is 22.9 Å². The molecule has 2 heterocycles. The van der Waals surface area contributed by atoms with E-state index in [1.54, 1.807) is 36.6 Å². The zero-order valence-electron chi connectivity index (χ0n) is 14.8. The van der Waals surface area contributed by atoms with Crippen LogP contribution in [0.5, 0.6) is 0 Å². The maximum Gasteiger partial charge on any atom is 0.325 e. The van der Waals surface area contributed by atoms with Crippen molar-refractivity contribution in [2.75, 3.05) is 11.9 Å². The number of amides is 5. The first-order chi connectivity index (χ1) is 13.3. The molecule has 5 amide bonds. The summed E-state index contributed by atoms with van der Waals surface area (Å²) < 4.78 is 0. The molecule has 3 rings (SSSR count). The van der Waals surface area contributed by atoms with Gasteiger partial charge in [-0.15, -0.1) is 11.3 Å². The van der Waals surface area contributed by atoms with E-state index in [4.69, 9.17) is 17.3 Å². The number of benzene rings is 1. The first-order valence-electron chi connectivity index (χ1n) is 8.36. The fourth-order valence-electron chi connectivity index (χ4n) is 3.05. The number of halogens is 1. The van der Waals surface area contributed by atoms with Gasteiger partial charge < -0.3 is 16.4 Å². The minimum absolute atomic E-state index is 0.166. The minimum Gasteiger partial charge on any atom is -0.366 e. The van der Waals surface area contributed by atoms with E-state index >= 15 is 0 Å². The van der Waals surface area contributed by atoms with Crippen LogP contribution < -0.4 is 16.4 Å². The summed E-state index contributed by atoms with van der Waals surface area (Å²) >= 11 is 7.02. The smallest absolute Gasteiger partial charge is 0.325 e. The highest BCUT2D eigenvalue weighted by Gasteiger charge is 2.51. The molecule has 4 N–H and O–H groups in total. The highest BCUT2D eigenvalue weighted by molar-refractivity contribution is 7.14. The van der Waals surface area contributed by atoms with Crippen molar-refractivity contribution in [2.45, 2.75) is 18.9 Å². The third-order valence-electron chi connectivity index (χ3n) is 4.53. The number of hydrogen-bond donors (Lipinski definition) is 3. The molecule has 0 saturated carbocycles. The van der Waals surface area contributed by atoms with Crippen molar-refractivity contribution < 1.29 is 19.2 Å². The highest BCUT2D eigenvalue weighted by atomic mass is 35.5. The van der Waals surface area contributed by atoms with E-state index < -0.39 is 35.8 Å². The van der Waals surface area contributed by atoms with Gasteiger partial charge in [0.25, 0.3) is 11.8 Å². The zero-order chi connectivity index (χ0) is 20.5. The van der Waals surface area contributed by atoms with Crippen molar-refractivity contribution in [3.05, 3.63) is 51.9 Å². The first-order valence-corrected chi connectivity index (χ1v) is 9.61. The lowest BCUT2D eigenvalue weighted by molar-refractivity contribution is -0.134. The van der Waals surface area contributed by atoms with Gasteiger partial charge in [0, 0.05) is 5.02 Å². The van der Waals surface area contributed by atoms with Gasteiger partial charge in [0.1, 0.15) is 17.1 Å². The molecule has 0 aliphatic carbocycles. The Balaban J connectivity index is 1.79. The Kier molecular flexibility index (Phi) is 5.39. The number of nitrogens with two attached hydrogens (primary N) is 1. The molecule has 0 spiro atoms. The molecule has 1 atom stereocenters. The normalized spacial score (nSPS) is 18.9. The monoisotopic (exact) mass is 420 g/mol. The number of nitrogens with one attached hydrogen (secondary N) is 2. The lowest BCUT2D eigenvalue weighted by Crippen LogP contribution is -2.44. The lowest BCUT2D eigenvalue weighted by atomic mass is 9.87. The number of thiophene rings is 1. The molecule has 28 heavy (non-hydrogen) atoms. The van der Waals surface area contributed by atoms with Crippen LogP contribution in [-0.2, 0) is 15.1 Å². The molecule has 1 aliphatic heterocycles. The molecule has 0 unspecified atom stereocenters. The Morgan fingerprint density at radius 1 is 1.25 bits per heavy atom. The maximum atomic E-state index is 13.0. The van der Waals surface area contributed by atoms with Gasteiger partial charge in [-0.2, -0.15) is 0 Å². The van der Waals surface area contributed by atoms with Crippen LogP contribution in [0, 0.1) is 0 Å². The summed E-state index contributed by atoms with van der Waals surface area (Å²) in [6.07, 6.45) is 0.300. The maximum absolute atomic E-state index is 13.0. The summed E-state index contributed by atoms with van der Waals surface area (Å²) in [5, 5.41) is 7.58. The van der Waals surface area contributed by atoms with Crippen molar-refractivity contribution in [2.24, 2.45) is 5.73 Å². The van der Waals surface area contributed by atoms with Crippen LogP contribution in [0.2, 0.25) is 5.02 Å². The summed E-state index contributed by atoms with van der Waals surface area (Å²) in [6, 6.07) is 7.41. The fraction of sp³-hybridized carbons (Fsp3) is 0.222. The number of carbonyl (C=O) groups excluding carboxylic acids is 4. The predicted octanol–water partition coefficient (Wildman–Crippen LogP) is 2.30. The quantitative estimate of drug-likeness (QED) is 0.620. The topological polar surface area (TPSA) is 122 Å². The van der Waals surface area contributed by atoms with Crippen LogP contribution in [0.1, 0.15) is 29.3 Å². The number of urea groups is 1. The number of nitrogens with zero attached hydrogens (tertiary/aromatic N) is 1. The number of anilines is 1. The summed E-state index contributed by atoms with van der Waals surface area (Å²) in [4.78, 5) is 50.0. The van der Waals surface area contributed by atoms with Crippen LogP contribution in [-0.4, -0.2) is 35.2 Å². The Morgan fingerprint density at radius 3 is 2.54 bits per heavy atom. The van der Waals surface area contributed by atoms with E-state index in [9.17, 15) is 19.2 Å². The van der Waals surface area contributed by atoms with Crippen LogP contribution in [0.15, 0.2) is 35.7 Å². The van der Waals surface area contributed by atoms with Crippen molar-refractivity contribution in [1.29, 1.82) is 0 Å². The molecule has 1 fully saturated rings. The molecule has 146 valence electrons. The van der Waals surface area contributed by atoms with Crippen molar-refractivity contribution in [1.82, 2.24) is 10.2 Å². The lowest BCUT2D eigenvalue weighted by Gasteiger charge is -2.25. The predicted molar refractivity (Wildman–Crippen MR) is 105 cm³/mol. The Hall–Kier alpha value is -2.91. The van der Waals surface area contributed by atoms with Gasteiger partial charge in [-0.25, -0.2) is 4.79 Å². The second kappa shape index (κ2) is 7.61. The number of rotatable bonds is 6. The first kappa shape index (κ1) is 19.8. The third kappa shape index (κ3) is 3.46. The van der Waals surface area contributed by atoms with Gasteiger partial charge in [-0.05, 0) is 35.6 Å². The Morgan fingerprint density at radius 2 is 1.93 bits per heavy atom. The minimum atomic E-state index is -1.26. The fourth-order valence-corrected chi connectivity index (χ4v) is 3.99. The molecular weight excluding hydrogens is 404 g/mol. The second-order valence-corrected chi connectivity index (χ2v) is 7.52. The molecule has 1 saturated heterocycles. The van der Waals surface area contributed by atoms with E-state index in [-0.39, 0.29) is 10.6 Å². The van der Waals surface area contributed by atoms with Crippen molar-refractivity contribution >= 4 is 51.7 Å². The molecule has 1 aromatic heterocycles. The summed E-state index contributed by atoms with van der Waals surface area (Å²) in [6.45, 7) is 1.28. The van der Waals surface area contributed by atoms with E-state index in [1.807, 2.05) is 0 Å². The molecule has 0 bridgehead atoms. The standard InChI is InChI=1S/C18H17ClN4O4S/c1-2-18(10-3-5-11(19)6-4-10)16(26)23(17(27)22-18)9-13(24)21-15-12(14(20)25)7-8-28-15/h3-8H,2,9H2,1H3,(H2,20,25)(H,21,24)(H,22,27)/t18-/m0/s1. The van der Waals surface area contributed by atoms with Crippen LogP contribution in [0.25, 0.3) is 0 Å². The van der Waals surface area contributed by atoms with Gasteiger partial charge in [0.2, 0.25) is 5.91 Å². The highest BCUT2D eigenvalue weighted by Crippen LogP contribution is 2.33. The third-order valence-corrected chi connectivity index (χ3v) is 5.61. The average molecular weight is 421 g/mol. The number of hydrogen-bond acceptors (Lipinski definition) is 5. The average Bonchev–Trinajstić information content (AvgIpc) is 3.21. The van der Waals surface area contributed by atoms with Gasteiger partial charge in [0.05, 0.1) is 5.56 Å². The van der Waals surface area contributed by atoms with Crippen molar-refractivity contribution in [3.63, 3.8) is 0 Å². The summed E-state index contributed by atoms with van der Waals surface area (Å²) in [5.74, 6) is -1.82. The van der Waals surface area contributed by atoms with Gasteiger partial charge in [0.15, 0.2) is 0 Å². The molecule has 10 heteroatoms. The number of imide groups is 1. The van der Waals surface area contributed by atoms with E-state index in [2.05, 4.69) is 10.6 Å². The summed E-state index contributed by atoms with van der Waals surface area (Å²) in [7, 11) is 0. The van der Waals surface area contributed by atoms with Crippen LogP contribution in [0.3, 0.4) is 0 Å². The second-order valence-electron chi connectivity index (χ2n) is 6.16.